The normalized spacial score (nSPS) is 15.8. The molecule has 0 spiro atoms. The van der Waals surface area contributed by atoms with E-state index >= 15 is 0 Å². The van der Waals surface area contributed by atoms with E-state index in [0.717, 1.165) is 28.8 Å². The van der Waals surface area contributed by atoms with Crippen LogP contribution >= 0.6 is 0 Å². The lowest BCUT2D eigenvalue weighted by Crippen LogP contribution is -2.32. The molecule has 2 aromatic heterocycles. The van der Waals surface area contributed by atoms with Crippen molar-refractivity contribution < 1.29 is 0 Å². The number of nitrogens with zero attached hydrogens (tertiary/aromatic N) is 5. The molecule has 0 unspecified atom stereocenters. The zero-order valence-electron chi connectivity index (χ0n) is 18.3. The number of hydrogen-bond acceptors (Lipinski definition) is 6. The maximum Gasteiger partial charge on any atom is 0.176 e. The summed E-state index contributed by atoms with van der Waals surface area (Å²) in [7, 11) is 3.90. The van der Waals surface area contributed by atoms with Gasteiger partial charge in [0.2, 0.25) is 0 Å². The predicted molar refractivity (Wildman–Crippen MR) is 126 cm³/mol. The average molecular weight is 409 g/mol. The zero-order chi connectivity index (χ0) is 22.1. The number of amidine groups is 1. The van der Waals surface area contributed by atoms with Crippen molar-refractivity contribution in [3.63, 3.8) is 0 Å². The maximum absolute atomic E-state index is 7.36. The fourth-order valence-electron chi connectivity index (χ4n) is 2.86. The van der Waals surface area contributed by atoms with E-state index in [0.29, 0.717) is 17.4 Å². The number of allylic oxidation sites excluding steroid dienone is 2. The number of fused-ring (bicyclic) bond motifs is 1. The molecule has 1 saturated heterocycles. The number of pyridine rings is 1. The largest absolute Gasteiger partial charge is 0.404 e. The van der Waals surface area contributed by atoms with Crippen molar-refractivity contribution in [2.24, 2.45) is 21.5 Å². The van der Waals surface area contributed by atoms with Gasteiger partial charge in [-0.25, -0.2) is 9.51 Å². The summed E-state index contributed by atoms with van der Waals surface area (Å²) >= 11 is 0. The molecule has 2 aromatic rings. The molecule has 8 heteroatoms. The van der Waals surface area contributed by atoms with Crippen molar-refractivity contribution in [3.05, 3.63) is 53.9 Å². The molecule has 0 bridgehead atoms. The van der Waals surface area contributed by atoms with Crippen molar-refractivity contribution in [2.45, 2.75) is 26.7 Å². The Balaban J connectivity index is 0.000000558. The van der Waals surface area contributed by atoms with Gasteiger partial charge in [0.25, 0.3) is 0 Å². The summed E-state index contributed by atoms with van der Waals surface area (Å²) in [5.74, 6) is 0.798. The van der Waals surface area contributed by atoms with Crippen LogP contribution < -0.4 is 11.5 Å². The Morgan fingerprint density at radius 2 is 2.00 bits per heavy atom. The standard InChI is InChI=1S/C18H23N7.C4H9N/c1-4-13(11-19)18(22-3)14-7-8-25-15(9-14)10-17(24-25)23-16(21)6-5-12(2)20;1-5-3-2-4-5/h5-11,20H,4,19H2,1-3H3,(H2,21,23,24);2-4H2,1H3/b6-5-,13-11-,20-12?,22-18?;. The molecule has 3 heterocycles. The Morgan fingerprint density at radius 3 is 2.50 bits per heavy atom. The van der Waals surface area contributed by atoms with Gasteiger partial charge in [-0.2, -0.15) is 0 Å². The molecular weight excluding hydrogens is 376 g/mol. The summed E-state index contributed by atoms with van der Waals surface area (Å²) in [6.45, 7) is 6.35. The third-order valence-electron chi connectivity index (χ3n) is 4.66. The van der Waals surface area contributed by atoms with Crippen molar-refractivity contribution >= 4 is 28.6 Å². The van der Waals surface area contributed by atoms with Crippen LogP contribution in [0.1, 0.15) is 32.3 Å². The maximum atomic E-state index is 7.36. The lowest BCUT2D eigenvalue weighted by atomic mass is 10.0. The third-order valence-corrected chi connectivity index (χ3v) is 4.66. The van der Waals surface area contributed by atoms with Crippen LogP contribution in [-0.2, 0) is 0 Å². The van der Waals surface area contributed by atoms with Crippen LogP contribution in [0.25, 0.3) is 5.52 Å². The summed E-state index contributed by atoms with van der Waals surface area (Å²) in [5, 5.41) is 11.7. The van der Waals surface area contributed by atoms with Crippen molar-refractivity contribution in [2.75, 3.05) is 27.2 Å². The van der Waals surface area contributed by atoms with E-state index in [1.54, 1.807) is 36.8 Å². The van der Waals surface area contributed by atoms with Gasteiger partial charge in [-0.15, -0.1) is 5.10 Å². The summed E-state index contributed by atoms with van der Waals surface area (Å²) in [4.78, 5) is 10.9. The fourth-order valence-corrected chi connectivity index (χ4v) is 2.86. The highest BCUT2D eigenvalue weighted by atomic mass is 15.3. The molecule has 0 saturated carbocycles. The molecular formula is C22H32N8. The number of nitrogens with two attached hydrogens (primary N) is 2. The quantitative estimate of drug-likeness (QED) is 0.502. The minimum absolute atomic E-state index is 0.297. The van der Waals surface area contributed by atoms with E-state index in [4.69, 9.17) is 16.9 Å². The number of rotatable bonds is 6. The lowest BCUT2D eigenvalue weighted by Gasteiger charge is -2.24. The molecule has 160 valence electrons. The minimum Gasteiger partial charge on any atom is -0.404 e. The van der Waals surface area contributed by atoms with Crippen LogP contribution in [0.3, 0.4) is 0 Å². The van der Waals surface area contributed by atoms with Gasteiger partial charge >= 0.3 is 0 Å². The lowest BCUT2D eigenvalue weighted by molar-refractivity contribution is 0.229. The molecule has 30 heavy (non-hydrogen) atoms. The van der Waals surface area contributed by atoms with E-state index < -0.39 is 0 Å². The smallest absolute Gasteiger partial charge is 0.176 e. The van der Waals surface area contributed by atoms with Gasteiger partial charge in [0, 0.05) is 30.6 Å². The molecule has 0 aromatic carbocycles. The van der Waals surface area contributed by atoms with Crippen LogP contribution in [0.2, 0.25) is 0 Å². The molecule has 0 amide bonds. The van der Waals surface area contributed by atoms with E-state index in [-0.39, 0.29) is 0 Å². The summed E-state index contributed by atoms with van der Waals surface area (Å²) < 4.78 is 1.73. The van der Waals surface area contributed by atoms with Crippen LogP contribution in [0.15, 0.2) is 58.3 Å². The molecule has 0 aliphatic carbocycles. The van der Waals surface area contributed by atoms with Gasteiger partial charge in [-0.3, -0.25) is 4.99 Å². The van der Waals surface area contributed by atoms with Crippen LogP contribution in [0.4, 0.5) is 5.82 Å². The Kier molecular flexibility index (Phi) is 8.49. The van der Waals surface area contributed by atoms with E-state index in [2.05, 4.69) is 27.0 Å². The number of aromatic nitrogens is 2. The highest BCUT2D eigenvalue weighted by molar-refractivity contribution is 6.13. The molecule has 3 rings (SSSR count). The van der Waals surface area contributed by atoms with Crippen LogP contribution in [0, 0.1) is 5.41 Å². The van der Waals surface area contributed by atoms with Gasteiger partial charge in [-0.1, -0.05) is 6.92 Å². The third kappa shape index (κ3) is 6.38. The Morgan fingerprint density at radius 1 is 1.30 bits per heavy atom. The fraction of sp³-hybridized carbons (Fsp3) is 0.364. The summed E-state index contributed by atoms with van der Waals surface area (Å²) in [6, 6.07) is 5.77. The van der Waals surface area contributed by atoms with Gasteiger partial charge in [0.1, 0.15) is 5.84 Å². The highest BCUT2D eigenvalue weighted by Crippen LogP contribution is 2.18. The highest BCUT2D eigenvalue weighted by Gasteiger charge is 2.10. The first-order valence-corrected chi connectivity index (χ1v) is 10.0. The molecule has 1 aliphatic heterocycles. The van der Waals surface area contributed by atoms with Gasteiger partial charge in [0.05, 0.1) is 11.2 Å². The van der Waals surface area contributed by atoms with Crippen LogP contribution in [-0.4, -0.2) is 59.0 Å². The van der Waals surface area contributed by atoms with Gasteiger partial charge in [-0.05, 0) is 76.0 Å². The Bertz CT molecular complexity index is 990. The SMILES string of the molecule is CC/C(=C/N)C(=NC)c1ccn2nc(N=C(N)/C=C\C(C)=N)cc2c1.CN1CCC1. The van der Waals surface area contributed by atoms with E-state index in [1.807, 2.05) is 31.3 Å². The van der Waals surface area contributed by atoms with E-state index in [1.165, 1.54) is 19.5 Å². The van der Waals surface area contributed by atoms with Crippen molar-refractivity contribution in [1.82, 2.24) is 14.5 Å². The van der Waals surface area contributed by atoms with E-state index in [9.17, 15) is 0 Å². The number of hydrogen-bond donors (Lipinski definition) is 3. The number of likely N-dealkylation sites (tertiary alicyclic amines) is 1. The molecule has 1 aliphatic rings. The van der Waals surface area contributed by atoms with Crippen LogP contribution in [0.5, 0.6) is 0 Å². The molecule has 8 nitrogen and oxygen atoms in total. The van der Waals surface area contributed by atoms with Gasteiger partial charge in [0.15, 0.2) is 5.82 Å². The topological polar surface area (TPSA) is 121 Å². The Hall–Kier alpha value is -3.26. The first kappa shape index (κ1) is 23.0. The van der Waals surface area contributed by atoms with Gasteiger partial charge < -0.3 is 21.8 Å². The van der Waals surface area contributed by atoms with Crippen molar-refractivity contribution in [3.8, 4) is 0 Å². The molecule has 5 N–H and O–H groups in total. The Labute approximate surface area is 178 Å². The molecule has 1 fully saturated rings. The number of nitrogens with one attached hydrogen (secondary N) is 1. The zero-order valence-corrected chi connectivity index (χ0v) is 18.3. The predicted octanol–water partition coefficient (Wildman–Crippen LogP) is 2.91. The first-order valence-electron chi connectivity index (χ1n) is 10.0. The minimum atomic E-state index is 0.297. The van der Waals surface area contributed by atoms with Crippen molar-refractivity contribution in [1.29, 1.82) is 5.41 Å². The first-order chi connectivity index (χ1) is 14.4. The number of aliphatic imine (C=N–C) groups is 2. The summed E-state index contributed by atoms with van der Waals surface area (Å²) in [6.07, 6.45) is 8.83. The second kappa shape index (κ2) is 11.1. The molecule has 0 atom stereocenters. The second-order valence-electron chi connectivity index (χ2n) is 7.11. The monoisotopic (exact) mass is 408 g/mol. The molecule has 0 radical (unpaired) electrons. The average Bonchev–Trinajstić information content (AvgIpc) is 3.10. The second-order valence-corrected chi connectivity index (χ2v) is 7.11. The summed E-state index contributed by atoms with van der Waals surface area (Å²) in [5.41, 5.74) is 15.6.